The molecule has 1 unspecified atom stereocenters. The summed E-state index contributed by atoms with van der Waals surface area (Å²) in [6.45, 7) is 11.6. The Kier molecular flexibility index (Phi) is 5.56. The Morgan fingerprint density at radius 2 is 1.63 bits per heavy atom. The first kappa shape index (κ1) is 20.8. The van der Waals surface area contributed by atoms with Gasteiger partial charge in [0.1, 0.15) is 5.75 Å². The van der Waals surface area contributed by atoms with Gasteiger partial charge in [0, 0.05) is 11.8 Å². The summed E-state index contributed by atoms with van der Waals surface area (Å²) in [5, 5.41) is 0.202. The molecule has 0 saturated heterocycles. The summed E-state index contributed by atoms with van der Waals surface area (Å²) in [5.41, 5.74) is 4.93. The number of hydrogen-bond acceptors (Lipinski definition) is 3. The average molecular weight is 418 g/mol. The number of aromatic nitrogens is 1. The molecule has 0 N–H and O–H groups in total. The first-order chi connectivity index (χ1) is 14.3. The van der Waals surface area contributed by atoms with Crippen LogP contribution in [0.2, 0.25) is 18.1 Å². The molecule has 1 atom stereocenters. The van der Waals surface area contributed by atoms with Gasteiger partial charge in [0.05, 0.1) is 6.10 Å². The van der Waals surface area contributed by atoms with Crippen LogP contribution >= 0.6 is 0 Å². The number of ether oxygens (including phenoxy) is 1. The second-order valence-corrected chi connectivity index (χ2v) is 14.3. The Hall–Kier alpha value is -2.43. The van der Waals surface area contributed by atoms with Crippen molar-refractivity contribution in [1.82, 2.24) is 4.98 Å². The van der Waals surface area contributed by atoms with Gasteiger partial charge in [0.2, 0.25) is 5.88 Å². The largest absolute Gasteiger partial charge is 0.438 e. The molecule has 3 nitrogen and oxygen atoms in total. The maximum absolute atomic E-state index is 6.80. The highest BCUT2D eigenvalue weighted by molar-refractivity contribution is 6.74. The molecule has 30 heavy (non-hydrogen) atoms. The Bertz CT molecular complexity index is 1020. The highest BCUT2D eigenvalue weighted by Crippen LogP contribution is 2.46. The first-order valence-corrected chi connectivity index (χ1v) is 13.6. The topological polar surface area (TPSA) is 31.4 Å². The van der Waals surface area contributed by atoms with Crippen LogP contribution in [0.15, 0.2) is 66.9 Å². The van der Waals surface area contributed by atoms with Crippen molar-refractivity contribution in [3.8, 4) is 22.8 Å². The fraction of sp³-hybridized carbons (Fsp3) is 0.346. The van der Waals surface area contributed by atoms with Crippen LogP contribution in [-0.4, -0.2) is 13.3 Å². The molecule has 3 aromatic rings. The number of benzene rings is 2. The van der Waals surface area contributed by atoms with Gasteiger partial charge >= 0.3 is 0 Å². The number of nitrogens with zero attached hydrogens (tertiary/aromatic N) is 1. The van der Waals surface area contributed by atoms with Crippen LogP contribution in [0.3, 0.4) is 0 Å². The fourth-order valence-electron chi connectivity index (χ4n) is 3.80. The van der Waals surface area contributed by atoms with Gasteiger partial charge in [-0.05, 0) is 71.9 Å². The molecule has 1 aliphatic rings. The molecule has 0 bridgehead atoms. The monoisotopic (exact) mass is 417 g/mol. The molecular formula is C26H31NO2Si. The Morgan fingerprint density at radius 3 is 2.37 bits per heavy atom. The zero-order chi connectivity index (χ0) is 21.4. The zero-order valence-corrected chi connectivity index (χ0v) is 19.6. The first-order valence-electron chi connectivity index (χ1n) is 10.7. The van der Waals surface area contributed by atoms with Crippen molar-refractivity contribution in [3.05, 3.63) is 78.0 Å². The smallest absolute Gasteiger partial charge is 0.227 e. The molecule has 1 aliphatic carbocycles. The Morgan fingerprint density at radius 1 is 0.900 bits per heavy atom. The minimum Gasteiger partial charge on any atom is -0.438 e. The Labute approximate surface area is 181 Å². The third kappa shape index (κ3) is 4.07. The van der Waals surface area contributed by atoms with Crippen LogP contribution in [0.1, 0.15) is 44.4 Å². The van der Waals surface area contributed by atoms with Gasteiger partial charge in [-0.2, -0.15) is 0 Å². The summed E-state index contributed by atoms with van der Waals surface area (Å²) in [6.07, 6.45) is 4.02. The van der Waals surface area contributed by atoms with Crippen LogP contribution in [0.25, 0.3) is 11.1 Å². The summed E-state index contributed by atoms with van der Waals surface area (Å²) in [5.74, 6) is 1.44. The molecule has 0 fully saturated rings. The summed E-state index contributed by atoms with van der Waals surface area (Å²) >= 11 is 0. The van der Waals surface area contributed by atoms with Crippen molar-refractivity contribution in [3.63, 3.8) is 0 Å². The molecule has 4 rings (SSSR count). The molecule has 1 aromatic heterocycles. The molecular weight excluding hydrogens is 386 g/mol. The molecule has 0 spiro atoms. The highest BCUT2D eigenvalue weighted by Gasteiger charge is 2.41. The predicted octanol–water partition coefficient (Wildman–Crippen LogP) is 7.55. The van der Waals surface area contributed by atoms with E-state index >= 15 is 0 Å². The number of rotatable bonds is 5. The number of pyridine rings is 1. The van der Waals surface area contributed by atoms with E-state index in [9.17, 15) is 0 Å². The standard InChI is InChI=1S/C26H31NO2Si/c1-26(2,3)30(4,5)29-24-17-16-21-20(13-9-14-22(21)24)23-15-10-18-27-25(23)28-19-11-7-6-8-12-19/h6-15,18,24H,16-17H2,1-5H3. The molecule has 156 valence electrons. The van der Waals surface area contributed by atoms with E-state index in [0.29, 0.717) is 5.88 Å². The molecule has 0 saturated carbocycles. The predicted molar refractivity (Wildman–Crippen MR) is 126 cm³/mol. The van der Waals surface area contributed by atoms with Gasteiger partial charge in [-0.15, -0.1) is 0 Å². The second-order valence-electron chi connectivity index (χ2n) is 9.55. The summed E-state index contributed by atoms with van der Waals surface area (Å²) in [7, 11) is -1.83. The summed E-state index contributed by atoms with van der Waals surface area (Å²) in [4.78, 5) is 4.54. The Balaban J connectivity index is 1.68. The van der Waals surface area contributed by atoms with Crippen LogP contribution in [0.5, 0.6) is 11.6 Å². The minimum absolute atomic E-state index is 0.177. The van der Waals surface area contributed by atoms with Crippen molar-refractivity contribution in [2.75, 3.05) is 0 Å². The normalized spacial score (nSPS) is 16.4. The number of fused-ring (bicyclic) bond motifs is 1. The molecule has 0 aliphatic heterocycles. The average Bonchev–Trinajstić information content (AvgIpc) is 3.11. The summed E-state index contributed by atoms with van der Waals surface area (Å²) in [6, 6.07) is 20.5. The van der Waals surface area contributed by atoms with E-state index in [-0.39, 0.29) is 11.1 Å². The lowest BCUT2D eigenvalue weighted by molar-refractivity contribution is 0.185. The summed E-state index contributed by atoms with van der Waals surface area (Å²) < 4.78 is 12.9. The maximum Gasteiger partial charge on any atom is 0.227 e. The van der Waals surface area contributed by atoms with Gasteiger partial charge < -0.3 is 9.16 Å². The van der Waals surface area contributed by atoms with Crippen molar-refractivity contribution in [2.45, 2.75) is 57.8 Å². The van der Waals surface area contributed by atoms with Gasteiger partial charge in [-0.25, -0.2) is 4.98 Å². The lowest BCUT2D eigenvalue weighted by atomic mass is 9.97. The van der Waals surface area contributed by atoms with Crippen LogP contribution < -0.4 is 4.74 Å². The molecule has 0 radical (unpaired) electrons. The van der Waals surface area contributed by atoms with Gasteiger partial charge in [-0.3, -0.25) is 0 Å². The minimum atomic E-state index is -1.83. The number of para-hydroxylation sites is 1. The molecule has 2 aromatic carbocycles. The lowest BCUT2D eigenvalue weighted by Crippen LogP contribution is -2.41. The second kappa shape index (κ2) is 8.01. The van der Waals surface area contributed by atoms with E-state index in [2.05, 4.69) is 63.1 Å². The van der Waals surface area contributed by atoms with E-state index in [1.807, 2.05) is 36.4 Å². The highest BCUT2D eigenvalue weighted by atomic mass is 28.4. The van der Waals surface area contributed by atoms with Crippen molar-refractivity contribution >= 4 is 8.32 Å². The van der Waals surface area contributed by atoms with Gasteiger partial charge in [0.25, 0.3) is 0 Å². The van der Waals surface area contributed by atoms with Crippen molar-refractivity contribution in [1.29, 1.82) is 0 Å². The van der Waals surface area contributed by atoms with Crippen molar-refractivity contribution in [2.24, 2.45) is 0 Å². The van der Waals surface area contributed by atoms with E-state index in [1.54, 1.807) is 6.20 Å². The van der Waals surface area contributed by atoms with Crippen LogP contribution in [0.4, 0.5) is 0 Å². The molecule has 1 heterocycles. The van der Waals surface area contributed by atoms with E-state index in [4.69, 9.17) is 9.16 Å². The fourth-order valence-corrected chi connectivity index (χ4v) is 5.11. The molecule has 4 heteroatoms. The van der Waals surface area contributed by atoms with Crippen molar-refractivity contribution < 1.29 is 9.16 Å². The van der Waals surface area contributed by atoms with Crippen LogP contribution in [0, 0.1) is 0 Å². The third-order valence-corrected chi connectivity index (χ3v) is 11.0. The quantitative estimate of drug-likeness (QED) is 0.402. The maximum atomic E-state index is 6.80. The van der Waals surface area contributed by atoms with Gasteiger partial charge in [0.15, 0.2) is 8.32 Å². The zero-order valence-electron chi connectivity index (χ0n) is 18.6. The number of hydrogen-bond donors (Lipinski definition) is 0. The third-order valence-electron chi connectivity index (χ3n) is 6.48. The SMILES string of the molecule is CC(C)(C)[Si](C)(C)OC1CCc2c(-c3cccnc3Oc3ccccc3)cccc21. The van der Waals surface area contributed by atoms with E-state index in [1.165, 1.54) is 16.7 Å². The lowest BCUT2D eigenvalue weighted by Gasteiger charge is -2.38. The van der Waals surface area contributed by atoms with Crippen LogP contribution in [-0.2, 0) is 10.8 Å². The van der Waals surface area contributed by atoms with E-state index in [0.717, 1.165) is 24.2 Å². The van der Waals surface area contributed by atoms with Gasteiger partial charge in [-0.1, -0.05) is 57.2 Å². The van der Waals surface area contributed by atoms with E-state index < -0.39 is 8.32 Å². The molecule has 0 amide bonds.